The molecule has 3 atom stereocenters. The zero-order valence-electron chi connectivity index (χ0n) is 25.8. The largest absolute Gasteiger partial charge is 0.497 e. The number of aryl methyl sites for hydroxylation is 2. The van der Waals surface area contributed by atoms with Gasteiger partial charge in [0.1, 0.15) is 29.0 Å². The number of aliphatic hydroxyl groups is 1. The summed E-state index contributed by atoms with van der Waals surface area (Å²) in [6, 6.07) is 10.8. The predicted octanol–water partition coefficient (Wildman–Crippen LogP) is 4.26. The lowest BCUT2D eigenvalue weighted by Gasteiger charge is -2.34. The number of nitrogens with zero attached hydrogens (tertiary/aromatic N) is 3. The number of aliphatic hydroxyl groups excluding tert-OH is 1. The number of benzene rings is 2. The molecule has 44 heavy (non-hydrogen) atoms. The van der Waals surface area contributed by atoms with E-state index in [1.807, 2.05) is 6.92 Å². The molecule has 3 aromatic rings. The van der Waals surface area contributed by atoms with Crippen LogP contribution in [0.3, 0.4) is 0 Å². The highest BCUT2D eigenvalue weighted by Gasteiger charge is 2.32. The third-order valence-corrected chi connectivity index (χ3v) is 7.59. The molecule has 0 aliphatic carbocycles. The first-order valence-electron chi connectivity index (χ1n) is 14.4. The first kappa shape index (κ1) is 32.1. The summed E-state index contributed by atoms with van der Waals surface area (Å²) in [4.78, 5) is 42.4. The van der Waals surface area contributed by atoms with Gasteiger partial charge in [-0.1, -0.05) is 12.1 Å². The summed E-state index contributed by atoms with van der Waals surface area (Å²) >= 11 is 0. The van der Waals surface area contributed by atoms with Gasteiger partial charge in [-0.25, -0.2) is 9.59 Å². The molecule has 1 aromatic heterocycles. The number of anilines is 3. The van der Waals surface area contributed by atoms with E-state index in [2.05, 4.69) is 21.1 Å². The van der Waals surface area contributed by atoms with Gasteiger partial charge >= 0.3 is 12.1 Å². The van der Waals surface area contributed by atoms with Gasteiger partial charge in [0.25, 0.3) is 0 Å². The lowest BCUT2D eigenvalue weighted by Crippen LogP contribution is -2.48. The third-order valence-electron chi connectivity index (χ3n) is 7.59. The highest BCUT2D eigenvalue weighted by atomic mass is 16.5. The second kappa shape index (κ2) is 14.1. The Morgan fingerprint density at radius 3 is 2.45 bits per heavy atom. The molecule has 236 valence electrons. The van der Waals surface area contributed by atoms with E-state index >= 15 is 0 Å². The maximum Gasteiger partial charge on any atom is 0.323 e. The van der Waals surface area contributed by atoms with E-state index in [0.717, 1.165) is 0 Å². The van der Waals surface area contributed by atoms with Crippen LogP contribution >= 0.6 is 0 Å². The molecule has 0 fully saturated rings. The summed E-state index contributed by atoms with van der Waals surface area (Å²) in [5, 5.41) is 22.2. The highest BCUT2D eigenvalue weighted by molar-refractivity contribution is 6.00. The topological polar surface area (TPSA) is 158 Å². The number of amides is 5. The first-order chi connectivity index (χ1) is 21.0. The zero-order chi connectivity index (χ0) is 32.0. The number of nitrogens with one attached hydrogen (secondary N) is 3. The van der Waals surface area contributed by atoms with Crippen molar-refractivity contribution in [2.24, 2.45) is 5.92 Å². The molecule has 1 aliphatic rings. The minimum Gasteiger partial charge on any atom is -0.497 e. The zero-order valence-corrected chi connectivity index (χ0v) is 25.8. The van der Waals surface area contributed by atoms with E-state index in [9.17, 15) is 19.5 Å². The molecule has 2 heterocycles. The molecule has 0 unspecified atom stereocenters. The maximum absolute atomic E-state index is 13.5. The number of hydrogen-bond acceptors (Lipinski definition) is 8. The Kier molecular flexibility index (Phi) is 10.3. The Hall–Kier alpha value is -4.78. The van der Waals surface area contributed by atoms with Crippen LogP contribution in [-0.4, -0.2) is 84.0 Å². The van der Waals surface area contributed by atoms with Gasteiger partial charge < -0.3 is 44.9 Å². The van der Waals surface area contributed by atoms with Crippen molar-refractivity contribution in [3.63, 3.8) is 0 Å². The molecule has 2 aromatic carbocycles. The Morgan fingerprint density at radius 1 is 1.14 bits per heavy atom. The molecular weight excluding hydrogens is 568 g/mol. The van der Waals surface area contributed by atoms with Gasteiger partial charge in [0.15, 0.2) is 5.76 Å². The Labute approximate surface area is 256 Å². The summed E-state index contributed by atoms with van der Waals surface area (Å²) in [5.41, 5.74) is 2.69. The van der Waals surface area contributed by atoms with Crippen molar-refractivity contribution in [1.82, 2.24) is 15.0 Å². The molecule has 1 aliphatic heterocycles. The second-order valence-corrected chi connectivity index (χ2v) is 11.0. The number of methoxy groups -OCH3 is 1. The van der Waals surface area contributed by atoms with Crippen molar-refractivity contribution >= 4 is 35.0 Å². The van der Waals surface area contributed by atoms with Crippen LogP contribution in [0.4, 0.5) is 26.7 Å². The normalized spacial score (nSPS) is 17.2. The van der Waals surface area contributed by atoms with Gasteiger partial charge in [-0.2, -0.15) is 0 Å². The van der Waals surface area contributed by atoms with Crippen LogP contribution in [0.5, 0.6) is 11.5 Å². The molecule has 0 spiro atoms. The molecule has 0 saturated carbocycles. The molecule has 0 bridgehead atoms. The van der Waals surface area contributed by atoms with Crippen LogP contribution in [0.1, 0.15) is 30.9 Å². The Bertz CT molecular complexity index is 1460. The summed E-state index contributed by atoms with van der Waals surface area (Å²) in [6.07, 6.45) is -0.512. The van der Waals surface area contributed by atoms with Crippen LogP contribution in [0.25, 0.3) is 0 Å². The van der Waals surface area contributed by atoms with Crippen LogP contribution in [0, 0.1) is 19.8 Å². The van der Waals surface area contributed by atoms with Gasteiger partial charge in [0.05, 0.1) is 32.7 Å². The molecule has 13 heteroatoms. The molecular formula is C31H40N6O7. The SMILES string of the molecule is COc1ccc(NC(=O)Nc2ccc3c(c2)CC(=O)N([C@H](C)CO)C[C@H](C)[C@H](CN(C)C(=O)Nc2c(C)noc2C)O3)cc1. The summed E-state index contributed by atoms with van der Waals surface area (Å²) < 4.78 is 16.8. The van der Waals surface area contributed by atoms with Gasteiger partial charge in [-0.3, -0.25) is 4.79 Å². The van der Waals surface area contributed by atoms with Crippen LogP contribution in [-0.2, 0) is 11.2 Å². The van der Waals surface area contributed by atoms with E-state index in [-0.39, 0.29) is 37.4 Å². The Balaban J connectivity index is 1.55. The fourth-order valence-corrected chi connectivity index (χ4v) is 4.91. The average Bonchev–Trinajstić information content (AvgIpc) is 3.33. The molecule has 4 N–H and O–H groups in total. The van der Waals surface area contributed by atoms with E-state index in [1.165, 1.54) is 4.90 Å². The molecule has 13 nitrogen and oxygen atoms in total. The van der Waals surface area contributed by atoms with Crippen molar-refractivity contribution in [1.29, 1.82) is 0 Å². The molecule has 5 amide bonds. The number of carbonyl (C=O) groups is 3. The number of ether oxygens (including phenoxy) is 2. The van der Waals surface area contributed by atoms with Crippen molar-refractivity contribution < 1.29 is 33.5 Å². The second-order valence-electron chi connectivity index (χ2n) is 11.0. The van der Waals surface area contributed by atoms with Crippen molar-refractivity contribution in [3.8, 4) is 11.5 Å². The maximum atomic E-state index is 13.5. The van der Waals surface area contributed by atoms with Gasteiger partial charge in [-0.05, 0) is 63.2 Å². The third kappa shape index (κ3) is 7.78. The molecule has 0 saturated heterocycles. The monoisotopic (exact) mass is 608 g/mol. The molecule has 0 radical (unpaired) electrons. The highest BCUT2D eigenvalue weighted by Crippen LogP contribution is 2.30. The van der Waals surface area contributed by atoms with Gasteiger partial charge in [-0.15, -0.1) is 0 Å². The number of aromatic nitrogens is 1. The standard InChI is InChI=1S/C31H40N6O7/c1-18-15-37(19(2)17-38)28(39)14-22-13-24(33-30(40)32-23-7-10-25(42-6)11-8-23)9-12-26(22)43-27(18)16-36(5)31(41)34-29-20(3)35-44-21(29)4/h7-13,18-19,27,38H,14-17H2,1-6H3,(H,34,41)(H2,32,33,40)/t18-,19+,27-/m0/s1. The van der Waals surface area contributed by atoms with Crippen LogP contribution in [0.15, 0.2) is 47.0 Å². The van der Waals surface area contributed by atoms with Crippen molar-refractivity contribution in [2.75, 3.05) is 49.8 Å². The fourth-order valence-electron chi connectivity index (χ4n) is 4.91. The first-order valence-corrected chi connectivity index (χ1v) is 14.4. The van der Waals surface area contributed by atoms with Crippen molar-refractivity contribution in [3.05, 3.63) is 59.5 Å². The minimum atomic E-state index is -0.509. The Morgan fingerprint density at radius 2 is 1.82 bits per heavy atom. The van der Waals surface area contributed by atoms with E-state index < -0.39 is 18.2 Å². The molecule has 4 rings (SSSR count). The van der Waals surface area contributed by atoms with Gasteiger partial charge in [0, 0.05) is 36.4 Å². The van der Waals surface area contributed by atoms with E-state index in [1.54, 1.807) is 82.3 Å². The quantitative estimate of drug-likeness (QED) is 0.295. The number of carbonyl (C=O) groups excluding carboxylic acids is 3. The van der Waals surface area contributed by atoms with Crippen LogP contribution in [0.2, 0.25) is 0 Å². The number of hydrogen-bond donors (Lipinski definition) is 4. The number of urea groups is 2. The fraction of sp³-hybridized carbons (Fsp3) is 0.419. The van der Waals surface area contributed by atoms with Crippen molar-refractivity contribution in [2.45, 2.75) is 46.3 Å². The predicted molar refractivity (Wildman–Crippen MR) is 165 cm³/mol. The minimum absolute atomic E-state index is 0.00288. The summed E-state index contributed by atoms with van der Waals surface area (Å²) in [5.74, 6) is 1.24. The lowest BCUT2D eigenvalue weighted by atomic mass is 10.0. The number of fused-ring (bicyclic) bond motifs is 1. The number of rotatable bonds is 8. The summed E-state index contributed by atoms with van der Waals surface area (Å²) in [7, 11) is 3.22. The number of likely N-dealkylation sites (N-methyl/N-ethyl adjacent to an activating group) is 1. The average molecular weight is 609 g/mol. The van der Waals surface area contributed by atoms with E-state index in [0.29, 0.717) is 52.1 Å². The smallest absolute Gasteiger partial charge is 0.323 e. The van der Waals surface area contributed by atoms with E-state index in [4.69, 9.17) is 14.0 Å². The summed E-state index contributed by atoms with van der Waals surface area (Å²) in [6.45, 7) is 7.50. The lowest BCUT2D eigenvalue weighted by molar-refractivity contribution is -0.134. The van der Waals surface area contributed by atoms with Gasteiger partial charge in [0.2, 0.25) is 5.91 Å². The van der Waals surface area contributed by atoms with Crippen LogP contribution < -0.4 is 25.4 Å².